The molecule has 12 heavy (non-hydrogen) atoms. The number of fused-ring (bicyclic) bond motifs is 3. The fourth-order valence-electron chi connectivity index (χ4n) is 1.50. The van der Waals surface area contributed by atoms with Crippen molar-refractivity contribution in [1.82, 2.24) is 4.98 Å². The quantitative estimate of drug-likeness (QED) is 0.586. The first-order chi connectivity index (χ1) is 5.95. The molecule has 2 aromatic rings. The average molecular weight is 158 g/mol. The van der Waals surface area contributed by atoms with Crippen molar-refractivity contribution in [3.05, 3.63) is 29.7 Å². The minimum absolute atomic E-state index is 0.770. The largest absolute Gasteiger partial charge is 0.443 e. The molecule has 0 saturated heterocycles. The summed E-state index contributed by atoms with van der Waals surface area (Å²) in [5.41, 5.74) is 4.07. The second kappa shape index (κ2) is 1.94. The minimum Gasteiger partial charge on any atom is -0.443 e. The molecular weight excluding hydrogens is 152 g/mol. The van der Waals surface area contributed by atoms with E-state index in [2.05, 4.69) is 9.98 Å². The van der Waals surface area contributed by atoms with Crippen molar-refractivity contribution in [2.24, 2.45) is 4.99 Å². The zero-order valence-electron chi connectivity index (χ0n) is 6.32. The molecule has 0 amide bonds. The van der Waals surface area contributed by atoms with Crippen molar-refractivity contribution >= 4 is 17.3 Å². The van der Waals surface area contributed by atoms with Gasteiger partial charge in [0.15, 0.2) is 12.0 Å². The molecule has 0 radical (unpaired) electrons. The topological polar surface area (TPSA) is 38.4 Å². The fourth-order valence-corrected chi connectivity index (χ4v) is 1.50. The van der Waals surface area contributed by atoms with Crippen LogP contribution in [0.5, 0.6) is 0 Å². The maximum absolute atomic E-state index is 5.26. The van der Waals surface area contributed by atoms with Gasteiger partial charge < -0.3 is 4.42 Å². The van der Waals surface area contributed by atoms with Crippen LogP contribution in [0.25, 0.3) is 11.1 Å². The predicted molar refractivity (Wildman–Crippen MR) is 45.3 cm³/mol. The second-order valence-corrected chi connectivity index (χ2v) is 2.81. The summed E-state index contributed by atoms with van der Waals surface area (Å²) >= 11 is 0. The lowest BCUT2D eigenvalue weighted by Gasteiger charge is -1.94. The van der Waals surface area contributed by atoms with E-state index in [0.717, 1.165) is 23.2 Å². The Labute approximate surface area is 68.7 Å². The van der Waals surface area contributed by atoms with Crippen molar-refractivity contribution in [3.63, 3.8) is 0 Å². The zero-order valence-corrected chi connectivity index (χ0v) is 6.32. The zero-order chi connectivity index (χ0) is 7.97. The van der Waals surface area contributed by atoms with Crippen LogP contribution >= 0.6 is 0 Å². The van der Waals surface area contributed by atoms with E-state index >= 15 is 0 Å². The maximum Gasteiger partial charge on any atom is 0.182 e. The van der Waals surface area contributed by atoms with Crippen LogP contribution in [-0.2, 0) is 6.54 Å². The van der Waals surface area contributed by atoms with Gasteiger partial charge in [-0.1, -0.05) is 6.07 Å². The SMILES string of the molecule is C1=NCc2ccc3ncoc3c21. The van der Waals surface area contributed by atoms with Gasteiger partial charge in [0.25, 0.3) is 0 Å². The maximum atomic E-state index is 5.26. The Bertz CT molecular complexity index is 470. The summed E-state index contributed by atoms with van der Waals surface area (Å²) in [6.07, 6.45) is 3.32. The minimum atomic E-state index is 0.770. The molecule has 3 nitrogen and oxygen atoms in total. The molecule has 1 aliphatic heterocycles. The molecule has 1 aliphatic rings. The van der Waals surface area contributed by atoms with E-state index in [4.69, 9.17) is 4.42 Å². The van der Waals surface area contributed by atoms with Crippen molar-refractivity contribution in [2.75, 3.05) is 0 Å². The Hall–Kier alpha value is -1.64. The molecule has 1 aromatic heterocycles. The van der Waals surface area contributed by atoms with Crippen molar-refractivity contribution in [3.8, 4) is 0 Å². The molecule has 3 rings (SSSR count). The average Bonchev–Trinajstić information content (AvgIpc) is 2.71. The summed E-state index contributed by atoms with van der Waals surface area (Å²) in [4.78, 5) is 8.24. The summed E-state index contributed by atoms with van der Waals surface area (Å²) in [6, 6.07) is 4.01. The van der Waals surface area contributed by atoms with Crippen molar-refractivity contribution in [2.45, 2.75) is 6.54 Å². The standard InChI is InChI=1S/C9H6N2O/c1-2-8-9(12-5-11-8)7-4-10-3-6(1)7/h1-2,4-5H,3H2. The van der Waals surface area contributed by atoms with E-state index in [0.29, 0.717) is 0 Å². The van der Waals surface area contributed by atoms with E-state index in [1.165, 1.54) is 12.0 Å². The van der Waals surface area contributed by atoms with E-state index in [9.17, 15) is 0 Å². The highest BCUT2D eigenvalue weighted by atomic mass is 16.3. The van der Waals surface area contributed by atoms with E-state index < -0.39 is 0 Å². The van der Waals surface area contributed by atoms with Crippen molar-refractivity contribution in [1.29, 1.82) is 0 Å². The summed E-state index contributed by atoms with van der Waals surface area (Å²) in [5.74, 6) is 0. The number of hydrogen-bond acceptors (Lipinski definition) is 3. The molecule has 0 unspecified atom stereocenters. The molecule has 58 valence electrons. The number of aliphatic imine (C=N–C) groups is 1. The van der Waals surface area contributed by atoms with Gasteiger partial charge in [-0.2, -0.15) is 0 Å². The van der Waals surface area contributed by atoms with Gasteiger partial charge in [-0.3, -0.25) is 4.99 Å². The lowest BCUT2D eigenvalue weighted by molar-refractivity contribution is 0.601. The monoisotopic (exact) mass is 158 g/mol. The molecule has 0 fully saturated rings. The van der Waals surface area contributed by atoms with Gasteiger partial charge in [0, 0.05) is 11.8 Å². The van der Waals surface area contributed by atoms with Crippen LogP contribution in [0.1, 0.15) is 11.1 Å². The van der Waals surface area contributed by atoms with Gasteiger partial charge in [-0.25, -0.2) is 4.98 Å². The first kappa shape index (κ1) is 5.94. The number of hydrogen-bond donors (Lipinski definition) is 0. The summed E-state index contributed by atoms with van der Waals surface area (Å²) in [5, 5.41) is 0. The molecule has 0 aliphatic carbocycles. The molecule has 2 heterocycles. The third-order valence-electron chi connectivity index (χ3n) is 2.11. The normalized spacial score (nSPS) is 14.0. The van der Waals surface area contributed by atoms with Gasteiger partial charge in [0.1, 0.15) is 5.52 Å². The Morgan fingerprint density at radius 3 is 3.33 bits per heavy atom. The Morgan fingerprint density at radius 1 is 1.33 bits per heavy atom. The van der Waals surface area contributed by atoms with Gasteiger partial charge in [-0.15, -0.1) is 0 Å². The number of oxazole rings is 1. The first-order valence-electron chi connectivity index (χ1n) is 3.80. The molecule has 0 bridgehead atoms. The van der Waals surface area contributed by atoms with Crippen LogP contribution in [0.15, 0.2) is 27.9 Å². The molecule has 0 atom stereocenters. The number of nitrogens with zero attached hydrogens (tertiary/aromatic N) is 2. The molecule has 0 spiro atoms. The van der Waals surface area contributed by atoms with Crippen LogP contribution in [0.2, 0.25) is 0 Å². The Kier molecular flexibility index (Phi) is 0.961. The lowest BCUT2D eigenvalue weighted by Crippen LogP contribution is -1.83. The summed E-state index contributed by atoms with van der Waals surface area (Å²) in [6.45, 7) is 0.770. The van der Waals surface area contributed by atoms with Crippen LogP contribution in [0.3, 0.4) is 0 Å². The molecule has 0 saturated carbocycles. The Balaban J connectivity index is 2.52. The number of aromatic nitrogens is 1. The third-order valence-corrected chi connectivity index (χ3v) is 2.11. The van der Waals surface area contributed by atoms with Crippen LogP contribution < -0.4 is 0 Å². The fraction of sp³-hybridized carbons (Fsp3) is 0.111. The van der Waals surface area contributed by atoms with Crippen LogP contribution in [0, 0.1) is 0 Å². The number of benzene rings is 1. The van der Waals surface area contributed by atoms with Gasteiger partial charge in [-0.05, 0) is 11.6 Å². The molecular formula is C9H6N2O. The smallest absolute Gasteiger partial charge is 0.182 e. The number of rotatable bonds is 0. The Morgan fingerprint density at radius 2 is 2.33 bits per heavy atom. The van der Waals surface area contributed by atoms with Gasteiger partial charge >= 0.3 is 0 Å². The molecule has 0 N–H and O–H groups in total. The highest BCUT2D eigenvalue weighted by Gasteiger charge is 2.12. The van der Waals surface area contributed by atoms with Gasteiger partial charge in [0.05, 0.1) is 6.54 Å². The van der Waals surface area contributed by atoms with E-state index in [1.807, 2.05) is 18.3 Å². The highest BCUT2D eigenvalue weighted by Crippen LogP contribution is 2.23. The third kappa shape index (κ3) is 0.605. The van der Waals surface area contributed by atoms with Crippen LogP contribution in [0.4, 0.5) is 0 Å². The summed E-state index contributed by atoms with van der Waals surface area (Å²) < 4.78 is 5.26. The van der Waals surface area contributed by atoms with Crippen LogP contribution in [-0.4, -0.2) is 11.2 Å². The second-order valence-electron chi connectivity index (χ2n) is 2.81. The van der Waals surface area contributed by atoms with Crippen molar-refractivity contribution < 1.29 is 4.42 Å². The molecule has 1 aromatic carbocycles. The highest BCUT2D eigenvalue weighted by molar-refractivity contribution is 5.98. The molecule has 3 heteroatoms. The van der Waals surface area contributed by atoms with E-state index in [1.54, 1.807) is 0 Å². The summed E-state index contributed by atoms with van der Waals surface area (Å²) in [7, 11) is 0. The predicted octanol–water partition coefficient (Wildman–Crippen LogP) is 1.76. The first-order valence-corrected chi connectivity index (χ1v) is 3.80. The van der Waals surface area contributed by atoms with E-state index in [-0.39, 0.29) is 0 Å². The lowest BCUT2D eigenvalue weighted by atomic mass is 10.1. The van der Waals surface area contributed by atoms with Gasteiger partial charge in [0.2, 0.25) is 0 Å².